The van der Waals surface area contributed by atoms with Gasteiger partial charge in [-0.1, -0.05) is 27.2 Å². The zero-order chi connectivity index (χ0) is 8.48. The summed E-state index contributed by atoms with van der Waals surface area (Å²) in [5.41, 5.74) is 6.22. The Morgan fingerprint density at radius 3 is 2.45 bits per heavy atom. The molecule has 1 aliphatic carbocycles. The van der Waals surface area contributed by atoms with Gasteiger partial charge in [0.25, 0.3) is 0 Å². The van der Waals surface area contributed by atoms with Crippen LogP contribution in [-0.4, -0.2) is 6.54 Å². The molecular formula is C10H21N. The second kappa shape index (κ2) is 3.14. The molecule has 1 nitrogen and oxygen atoms in total. The Morgan fingerprint density at radius 1 is 1.36 bits per heavy atom. The van der Waals surface area contributed by atoms with E-state index in [2.05, 4.69) is 20.8 Å². The summed E-state index contributed by atoms with van der Waals surface area (Å²) in [6.07, 6.45) is 4.09. The van der Waals surface area contributed by atoms with Crippen molar-refractivity contribution in [3.8, 4) is 0 Å². The third kappa shape index (κ3) is 1.76. The van der Waals surface area contributed by atoms with Crippen LogP contribution in [0, 0.1) is 17.3 Å². The van der Waals surface area contributed by atoms with Crippen molar-refractivity contribution in [3.05, 3.63) is 0 Å². The van der Waals surface area contributed by atoms with E-state index in [1.54, 1.807) is 0 Å². The standard InChI is InChI=1S/C10H21N/c1-8-4-5-9(2)10(3,6-8)7-11/h8-9H,4-7,11H2,1-3H3/t8-,9+,10-/m1/s1. The zero-order valence-electron chi connectivity index (χ0n) is 8.06. The van der Waals surface area contributed by atoms with Gasteiger partial charge in [-0.2, -0.15) is 0 Å². The van der Waals surface area contributed by atoms with Crippen LogP contribution in [0.25, 0.3) is 0 Å². The monoisotopic (exact) mass is 155 g/mol. The molecular weight excluding hydrogens is 134 g/mol. The van der Waals surface area contributed by atoms with Crippen LogP contribution in [0.15, 0.2) is 0 Å². The van der Waals surface area contributed by atoms with Crippen LogP contribution >= 0.6 is 0 Å². The molecule has 0 spiro atoms. The lowest BCUT2D eigenvalue weighted by molar-refractivity contribution is 0.103. The Morgan fingerprint density at radius 2 is 2.00 bits per heavy atom. The molecule has 3 atom stereocenters. The summed E-state index contributed by atoms with van der Waals surface area (Å²) in [5.74, 6) is 1.71. The molecule has 11 heavy (non-hydrogen) atoms. The van der Waals surface area contributed by atoms with Crippen LogP contribution in [0.1, 0.15) is 40.0 Å². The fourth-order valence-electron chi connectivity index (χ4n) is 2.27. The lowest BCUT2D eigenvalue weighted by atomic mass is 9.65. The van der Waals surface area contributed by atoms with Gasteiger partial charge in [0, 0.05) is 0 Å². The zero-order valence-corrected chi connectivity index (χ0v) is 8.06. The summed E-state index contributed by atoms with van der Waals surface area (Å²) in [6, 6.07) is 0. The number of nitrogens with two attached hydrogens (primary N) is 1. The molecule has 0 radical (unpaired) electrons. The Hall–Kier alpha value is -0.0400. The number of rotatable bonds is 1. The average Bonchev–Trinajstić information content (AvgIpc) is 1.98. The Bertz CT molecular complexity index is 133. The topological polar surface area (TPSA) is 26.0 Å². The summed E-state index contributed by atoms with van der Waals surface area (Å²) in [5, 5.41) is 0. The molecule has 1 fully saturated rings. The normalized spacial score (nSPS) is 45.8. The largest absolute Gasteiger partial charge is 0.330 e. The smallest absolute Gasteiger partial charge is 0.00205 e. The molecule has 0 aromatic rings. The van der Waals surface area contributed by atoms with E-state index in [4.69, 9.17) is 5.73 Å². The first-order valence-corrected chi connectivity index (χ1v) is 4.78. The van der Waals surface area contributed by atoms with Crippen molar-refractivity contribution < 1.29 is 0 Å². The third-order valence-corrected chi connectivity index (χ3v) is 3.56. The summed E-state index contributed by atoms with van der Waals surface area (Å²) in [6.45, 7) is 7.89. The minimum atomic E-state index is 0.428. The van der Waals surface area contributed by atoms with E-state index in [1.807, 2.05) is 0 Å². The second-order valence-electron chi connectivity index (χ2n) is 4.65. The van der Waals surface area contributed by atoms with E-state index in [-0.39, 0.29) is 0 Å². The Labute approximate surface area is 70.4 Å². The molecule has 66 valence electrons. The third-order valence-electron chi connectivity index (χ3n) is 3.56. The van der Waals surface area contributed by atoms with E-state index in [9.17, 15) is 0 Å². The summed E-state index contributed by atoms with van der Waals surface area (Å²) < 4.78 is 0. The van der Waals surface area contributed by atoms with Gasteiger partial charge < -0.3 is 5.73 Å². The van der Waals surface area contributed by atoms with Crippen molar-refractivity contribution in [3.63, 3.8) is 0 Å². The van der Waals surface area contributed by atoms with Gasteiger partial charge in [0.15, 0.2) is 0 Å². The maximum atomic E-state index is 5.79. The highest BCUT2D eigenvalue weighted by molar-refractivity contribution is 4.86. The van der Waals surface area contributed by atoms with Crippen LogP contribution < -0.4 is 5.73 Å². The molecule has 0 aromatic heterocycles. The molecule has 1 heteroatoms. The highest BCUT2D eigenvalue weighted by Crippen LogP contribution is 2.42. The van der Waals surface area contributed by atoms with Crippen molar-refractivity contribution in [2.45, 2.75) is 40.0 Å². The van der Waals surface area contributed by atoms with Gasteiger partial charge in [-0.15, -0.1) is 0 Å². The van der Waals surface area contributed by atoms with Crippen LogP contribution in [0.3, 0.4) is 0 Å². The maximum absolute atomic E-state index is 5.79. The minimum Gasteiger partial charge on any atom is -0.330 e. The molecule has 0 unspecified atom stereocenters. The molecule has 2 N–H and O–H groups in total. The first kappa shape index (κ1) is 9.05. The second-order valence-corrected chi connectivity index (χ2v) is 4.65. The van der Waals surface area contributed by atoms with Gasteiger partial charge in [0.1, 0.15) is 0 Å². The molecule has 0 heterocycles. The van der Waals surface area contributed by atoms with Crippen molar-refractivity contribution in [2.75, 3.05) is 6.54 Å². The molecule has 0 aliphatic heterocycles. The van der Waals surface area contributed by atoms with Crippen molar-refractivity contribution in [1.82, 2.24) is 0 Å². The van der Waals surface area contributed by atoms with Gasteiger partial charge in [0.05, 0.1) is 0 Å². The molecule has 0 aromatic carbocycles. The summed E-state index contributed by atoms with van der Waals surface area (Å²) in [4.78, 5) is 0. The van der Waals surface area contributed by atoms with Gasteiger partial charge in [-0.05, 0) is 36.6 Å². The Kier molecular flexibility index (Phi) is 2.58. The highest BCUT2D eigenvalue weighted by atomic mass is 14.6. The van der Waals surface area contributed by atoms with E-state index >= 15 is 0 Å². The van der Waals surface area contributed by atoms with Crippen LogP contribution in [0.4, 0.5) is 0 Å². The predicted molar refractivity (Wildman–Crippen MR) is 49.3 cm³/mol. The molecule has 0 saturated heterocycles. The minimum absolute atomic E-state index is 0.428. The lowest BCUT2D eigenvalue weighted by Gasteiger charge is -2.41. The molecule has 0 amide bonds. The Balaban J connectivity index is 2.60. The van der Waals surface area contributed by atoms with Crippen LogP contribution in [0.5, 0.6) is 0 Å². The van der Waals surface area contributed by atoms with Gasteiger partial charge >= 0.3 is 0 Å². The molecule has 1 aliphatic rings. The first-order valence-electron chi connectivity index (χ1n) is 4.78. The number of hydrogen-bond donors (Lipinski definition) is 1. The maximum Gasteiger partial charge on any atom is -0.00205 e. The fourth-order valence-corrected chi connectivity index (χ4v) is 2.27. The SMILES string of the molecule is C[C@@H]1CC[C@H](C)[C@@](C)(CN)C1. The lowest BCUT2D eigenvalue weighted by Crippen LogP contribution is -2.38. The van der Waals surface area contributed by atoms with Crippen LogP contribution in [-0.2, 0) is 0 Å². The highest BCUT2D eigenvalue weighted by Gasteiger charge is 2.34. The van der Waals surface area contributed by atoms with E-state index in [0.29, 0.717) is 5.41 Å². The van der Waals surface area contributed by atoms with E-state index in [1.165, 1.54) is 19.3 Å². The van der Waals surface area contributed by atoms with Gasteiger partial charge in [-0.25, -0.2) is 0 Å². The average molecular weight is 155 g/mol. The predicted octanol–water partition coefficient (Wildman–Crippen LogP) is 2.41. The molecule has 0 bridgehead atoms. The van der Waals surface area contributed by atoms with Crippen molar-refractivity contribution in [1.29, 1.82) is 0 Å². The number of hydrogen-bond acceptors (Lipinski definition) is 1. The molecule has 1 saturated carbocycles. The van der Waals surface area contributed by atoms with E-state index in [0.717, 1.165) is 18.4 Å². The van der Waals surface area contributed by atoms with Gasteiger partial charge in [0.2, 0.25) is 0 Å². The van der Waals surface area contributed by atoms with E-state index < -0.39 is 0 Å². The summed E-state index contributed by atoms with van der Waals surface area (Å²) >= 11 is 0. The van der Waals surface area contributed by atoms with Crippen LogP contribution in [0.2, 0.25) is 0 Å². The molecule has 1 rings (SSSR count). The first-order chi connectivity index (χ1) is 5.08. The van der Waals surface area contributed by atoms with Crippen molar-refractivity contribution >= 4 is 0 Å². The summed E-state index contributed by atoms with van der Waals surface area (Å²) in [7, 11) is 0. The van der Waals surface area contributed by atoms with Crippen molar-refractivity contribution in [2.24, 2.45) is 23.0 Å². The fraction of sp³-hybridized carbons (Fsp3) is 1.00. The quantitative estimate of drug-likeness (QED) is 0.618. The van der Waals surface area contributed by atoms with Gasteiger partial charge in [-0.3, -0.25) is 0 Å².